The van der Waals surface area contributed by atoms with Crippen molar-refractivity contribution in [2.45, 2.75) is 12.3 Å². The van der Waals surface area contributed by atoms with Gasteiger partial charge in [0.05, 0.1) is 35.9 Å². The summed E-state index contributed by atoms with van der Waals surface area (Å²) in [5, 5.41) is 3.52. The Labute approximate surface area is 220 Å². The van der Waals surface area contributed by atoms with Crippen LogP contribution in [-0.2, 0) is 17.0 Å². The van der Waals surface area contributed by atoms with E-state index < -0.39 is 5.66 Å². The smallest absolute Gasteiger partial charge is 0.144 e. The number of ether oxygens (including phenoxy) is 3. The molecule has 1 saturated heterocycles. The van der Waals surface area contributed by atoms with Crippen LogP contribution in [0.1, 0.15) is 16.7 Å². The number of nitrogen functional groups attached to an aromatic ring is 1. The standard InChI is InChI=1S/C27H29ClFN5O3/c28-22-13-19(4-5-25(22)37-16-18-2-1-3-20(29)12-18)27(31)21-14-23(30)26(15-24(21)32-17-33-27)36-11-8-34-6-9-35-10-7-34/h1-5,12-15,17H,6-11,16,30-31H2,(H,32,33). The average Bonchev–Trinajstić information content (AvgIpc) is 2.89. The van der Waals surface area contributed by atoms with E-state index in [1.807, 2.05) is 6.07 Å². The number of morpholine rings is 1. The van der Waals surface area contributed by atoms with Crippen molar-refractivity contribution in [2.24, 2.45) is 10.7 Å². The number of halogens is 2. The Balaban J connectivity index is 1.31. The first-order valence-electron chi connectivity index (χ1n) is 12.1. The number of nitrogens with one attached hydrogen (secondary N) is 1. The highest BCUT2D eigenvalue weighted by atomic mass is 35.5. The number of benzene rings is 3. The summed E-state index contributed by atoms with van der Waals surface area (Å²) in [6.07, 6.45) is 1.55. The molecule has 194 valence electrons. The van der Waals surface area contributed by atoms with E-state index in [2.05, 4.69) is 15.2 Å². The number of anilines is 1. The van der Waals surface area contributed by atoms with E-state index in [0.29, 0.717) is 51.2 Å². The van der Waals surface area contributed by atoms with Crippen molar-refractivity contribution >= 4 is 29.3 Å². The number of aliphatic imine (C=N–C) groups is 1. The van der Waals surface area contributed by atoms with Gasteiger partial charge in [-0.3, -0.25) is 4.90 Å². The quantitative estimate of drug-likeness (QED) is 0.384. The van der Waals surface area contributed by atoms with Crippen LogP contribution in [0.4, 0.5) is 15.8 Å². The minimum atomic E-state index is -1.12. The van der Waals surface area contributed by atoms with Gasteiger partial charge in [0.1, 0.15) is 36.2 Å². The maximum absolute atomic E-state index is 13.5. The second-order valence-electron chi connectivity index (χ2n) is 8.98. The molecule has 8 nitrogen and oxygen atoms in total. The highest BCUT2D eigenvalue weighted by Gasteiger charge is 2.35. The number of hydrogen-bond acceptors (Lipinski definition) is 8. The lowest BCUT2D eigenvalue weighted by Crippen LogP contribution is -2.52. The zero-order chi connectivity index (χ0) is 25.8. The molecule has 0 radical (unpaired) electrons. The van der Waals surface area contributed by atoms with Crippen LogP contribution < -0.4 is 26.3 Å². The first kappa shape index (κ1) is 25.3. The first-order chi connectivity index (χ1) is 17.9. The predicted molar refractivity (Wildman–Crippen MR) is 142 cm³/mol. The summed E-state index contributed by atoms with van der Waals surface area (Å²) < 4.78 is 30.6. The van der Waals surface area contributed by atoms with Gasteiger partial charge in [-0.1, -0.05) is 29.8 Å². The first-order valence-corrected chi connectivity index (χ1v) is 12.4. The molecule has 0 saturated carbocycles. The molecule has 1 atom stereocenters. The lowest BCUT2D eigenvalue weighted by molar-refractivity contribution is 0.0323. The molecule has 37 heavy (non-hydrogen) atoms. The molecule has 3 aromatic rings. The lowest BCUT2D eigenvalue weighted by atomic mass is 9.89. The summed E-state index contributed by atoms with van der Waals surface area (Å²) in [6, 6.07) is 15.1. The van der Waals surface area contributed by atoms with Crippen molar-refractivity contribution in [1.82, 2.24) is 10.2 Å². The van der Waals surface area contributed by atoms with Crippen LogP contribution in [0.3, 0.4) is 0 Å². The van der Waals surface area contributed by atoms with Crippen molar-refractivity contribution < 1.29 is 18.6 Å². The maximum Gasteiger partial charge on any atom is 0.144 e. The zero-order valence-corrected chi connectivity index (χ0v) is 21.0. The average molecular weight is 526 g/mol. The van der Waals surface area contributed by atoms with Crippen molar-refractivity contribution in [3.63, 3.8) is 0 Å². The summed E-state index contributed by atoms with van der Waals surface area (Å²) in [5.41, 5.74) is 15.3. The van der Waals surface area contributed by atoms with Crippen LogP contribution >= 0.6 is 11.6 Å². The van der Waals surface area contributed by atoms with Crippen LogP contribution in [0.2, 0.25) is 5.02 Å². The Morgan fingerprint density at radius 3 is 2.70 bits per heavy atom. The lowest BCUT2D eigenvalue weighted by Gasteiger charge is -2.35. The van der Waals surface area contributed by atoms with E-state index in [9.17, 15) is 4.39 Å². The summed E-state index contributed by atoms with van der Waals surface area (Å²) in [6.45, 7) is 4.75. The highest BCUT2D eigenvalue weighted by Crippen LogP contribution is 2.41. The van der Waals surface area contributed by atoms with E-state index in [-0.39, 0.29) is 12.4 Å². The molecule has 0 aliphatic carbocycles. The van der Waals surface area contributed by atoms with Crippen LogP contribution in [0.5, 0.6) is 11.5 Å². The molecule has 1 unspecified atom stereocenters. The summed E-state index contributed by atoms with van der Waals surface area (Å²) in [4.78, 5) is 6.75. The van der Waals surface area contributed by atoms with E-state index >= 15 is 0 Å². The molecule has 0 bridgehead atoms. The number of fused-ring (bicyclic) bond motifs is 1. The third-order valence-electron chi connectivity index (χ3n) is 6.49. The fourth-order valence-electron chi connectivity index (χ4n) is 4.41. The third-order valence-corrected chi connectivity index (χ3v) is 6.78. The van der Waals surface area contributed by atoms with Gasteiger partial charge in [0.25, 0.3) is 0 Å². The van der Waals surface area contributed by atoms with Gasteiger partial charge in [0, 0.05) is 31.3 Å². The number of hydrogen-bond donors (Lipinski definition) is 3. The molecule has 1 fully saturated rings. The number of nitrogens with two attached hydrogens (primary N) is 2. The summed E-state index contributed by atoms with van der Waals surface area (Å²) in [7, 11) is 0. The maximum atomic E-state index is 13.5. The van der Waals surface area contributed by atoms with Crippen molar-refractivity contribution in [2.75, 3.05) is 45.2 Å². The Hall–Kier alpha value is -3.37. The monoisotopic (exact) mass is 525 g/mol. The largest absolute Gasteiger partial charge is 0.490 e. The van der Waals surface area contributed by atoms with E-state index in [4.69, 9.17) is 37.3 Å². The summed E-state index contributed by atoms with van der Waals surface area (Å²) in [5.74, 6) is 0.709. The Morgan fingerprint density at radius 2 is 1.92 bits per heavy atom. The molecule has 5 rings (SSSR count). The van der Waals surface area contributed by atoms with Gasteiger partial charge in [-0.2, -0.15) is 0 Å². The molecule has 10 heteroatoms. The van der Waals surface area contributed by atoms with Crippen LogP contribution in [0.15, 0.2) is 59.6 Å². The molecule has 0 aromatic heterocycles. The van der Waals surface area contributed by atoms with Crippen LogP contribution in [0, 0.1) is 5.82 Å². The topological polar surface area (TPSA) is 107 Å². The van der Waals surface area contributed by atoms with E-state index in [1.54, 1.807) is 42.7 Å². The molecular formula is C27H29ClFN5O3. The van der Waals surface area contributed by atoms with Gasteiger partial charge < -0.3 is 31.0 Å². The van der Waals surface area contributed by atoms with Gasteiger partial charge in [-0.15, -0.1) is 0 Å². The Bertz CT molecular complexity index is 1300. The second kappa shape index (κ2) is 10.9. The van der Waals surface area contributed by atoms with Crippen LogP contribution in [-0.4, -0.2) is 50.7 Å². The van der Waals surface area contributed by atoms with Gasteiger partial charge in [0.2, 0.25) is 0 Å². The molecule has 0 amide bonds. The molecule has 3 aromatic carbocycles. The summed E-state index contributed by atoms with van der Waals surface area (Å²) >= 11 is 6.54. The fraction of sp³-hybridized carbons (Fsp3) is 0.296. The second-order valence-corrected chi connectivity index (χ2v) is 9.39. The molecule has 5 N–H and O–H groups in total. The minimum absolute atomic E-state index is 0.184. The number of rotatable bonds is 8. The van der Waals surface area contributed by atoms with Gasteiger partial charge >= 0.3 is 0 Å². The van der Waals surface area contributed by atoms with Crippen molar-refractivity contribution in [3.05, 3.63) is 82.1 Å². The van der Waals surface area contributed by atoms with E-state index in [0.717, 1.165) is 32.8 Å². The van der Waals surface area contributed by atoms with Gasteiger partial charge in [-0.25, -0.2) is 9.38 Å². The normalized spacial score (nSPS) is 19.2. The molecule has 0 spiro atoms. The highest BCUT2D eigenvalue weighted by molar-refractivity contribution is 6.32. The minimum Gasteiger partial charge on any atom is -0.490 e. The molecule has 2 aliphatic rings. The molecular weight excluding hydrogens is 497 g/mol. The zero-order valence-electron chi connectivity index (χ0n) is 20.3. The predicted octanol–water partition coefficient (Wildman–Crippen LogP) is 3.77. The molecule has 2 heterocycles. The molecule has 2 aliphatic heterocycles. The van der Waals surface area contributed by atoms with Crippen molar-refractivity contribution in [1.29, 1.82) is 0 Å². The third kappa shape index (κ3) is 5.65. The van der Waals surface area contributed by atoms with Gasteiger partial charge in [0.15, 0.2) is 0 Å². The van der Waals surface area contributed by atoms with Crippen LogP contribution in [0.25, 0.3) is 0 Å². The van der Waals surface area contributed by atoms with Crippen molar-refractivity contribution in [3.8, 4) is 11.5 Å². The number of nitrogens with zero attached hydrogens (tertiary/aromatic N) is 2. The Morgan fingerprint density at radius 1 is 1.08 bits per heavy atom. The van der Waals surface area contributed by atoms with E-state index in [1.165, 1.54) is 12.1 Å². The van der Waals surface area contributed by atoms with Gasteiger partial charge in [-0.05, 0) is 41.5 Å². The Kier molecular flexibility index (Phi) is 7.48. The SMILES string of the molecule is Nc1cc2c(cc1OCCN1CCOCC1)N=CNC2(N)c1ccc(OCc2cccc(F)c2)c(Cl)c1. The fourth-order valence-corrected chi connectivity index (χ4v) is 4.65.